The van der Waals surface area contributed by atoms with Gasteiger partial charge in [-0.15, -0.1) is 0 Å². The number of benzene rings is 1. The quantitative estimate of drug-likeness (QED) is 0.869. The topological polar surface area (TPSA) is 15.3 Å². The second-order valence-electron chi connectivity index (χ2n) is 6.59. The van der Waals surface area contributed by atoms with Crippen LogP contribution in [0, 0.1) is 12.8 Å². The van der Waals surface area contributed by atoms with Gasteiger partial charge in [-0.05, 0) is 62.8 Å². The van der Waals surface area contributed by atoms with Crippen LogP contribution < -0.4 is 5.32 Å². The second kappa shape index (κ2) is 6.62. The van der Waals surface area contributed by atoms with E-state index in [9.17, 15) is 0 Å². The maximum absolute atomic E-state index is 3.58. The molecule has 0 radical (unpaired) electrons. The predicted molar refractivity (Wildman–Crippen MR) is 86.2 cm³/mol. The van der Waals surface area contributed by atoms with Crippen molar-refractivity contribution in [1.82, 2.24) is 4.90 Å². The van der Waals surface area contributed by atoms with Gasteiger partial charge in [-0.1, -0.05) is 25.0 Å². The van der Waals surface area contributed by atoms with Gasteiger partial charge < -0.3 is 5.32 Å². The zero-order valence-electron chi connectivity index (χ0n) is 12.8. The van der Waals surface area contributed by atoms with E-state index in [0.717, 1.165) is 18.5 Å². The molecule has 1 aromatic carbocycles. The molecule has 0 bridgehead atoms. The molecule has 1 saturated carbocycles. The summed E-state index contributed by atoms with van der Waals surface area (Å²) in [6.45, 7) is 5.75. The monoisotopic (exact) mass is 272 g/mol. The third-order valence-electron chi connectivity index (χ3n) is 5.10. The number of aryl methyl sites for hydroxylation is 1. The molecule has 3 rings (SSSR count). The van der Waals surface area contributed by atoms with Crippen LogP contribution in [0.5, 0.6) is 0 Å². The van der Waals surface area contributed by atoms with E-state index in [1.807, 2.05) is 0 Å². The summed E-state index contributed by atoms with van der Waals surface area (Å²) in [5.74, 6) is 0.997. The van der Waals surface area contributed by atoms with Gasteiger partial charge in [0, 0.05) is 24.8 Å². The molecule has 1 aliphatic carbocycles. The van der Waals surface area contributed by atoms with Gasteiger partial charge in [0.25, 0.3) is 0 Å². The summed E-state index contributed by atoms with van der Waals surface area (Å²) in [7, 11) is 0. The number of nitrogens with zero attached hydrogens (tertiary/aromatic N) is 1. The van der Waals surface area contributed by atoms with E-state index < -0.39 is 0 Å². The molecule has 2 fully saturated rings. The number of hydrogen-bond acceptors (Lipinski definition) is 2. The fraction of sp³-hybridized carbons (Fsp3) is 0.667. The van der Waals surface area contributed by atoms with Crippen molar-refractivity contribution >= 4 is 5.69 Å². The van der Waals surface area contributed by atoms with E-state index in [0.29, 0.717) is 0 Å². The van der Waals surface area contributed by atoms with Crippen LogP contribution in [0.25, 0.3) is 0 Å². The Bertz CT molecular complexity index is 423. The number of rotatable bonds is 5. The molecule has 1 N–H and O–H groups in total. The van der Waals surface area contributed by atoms with Gasteiger partial charge in [-0.3, -0.25) is 4.90 Å². The molecule has 0 spiro atoms. The van der Waals surface area contributed by atoms with Crippen LogP contribution in [-0.4, -0.2) is 30.6 Å². The summed E-state index contributed by atoms with van der Waals surface area (Å²) in [5, 5.41) is 3.58. The molecule has 1 aromatic rings. The van der Waals surface area contributed by atoms with E-state index in [1.54, 1.807) is 0 Å². The highest BCUT2D eigenvalue weighted by molar-refractivity contribution is 5.45. The molecule has 110 valence electrons. The summed E-state index contributed by atoms with van der Waals surface area (Å²) in [5.41, 5.74) is 2.60. The van der Waals surface area contributed by atoms with E-state index in [4.69, 9.17) is 0 Å². The molecule has 20 heavy (non-hydrogen) atoms. The summed E-state index contributed by atoms with van der Waals surface area (Å²) < 4.78 is 0. The Morgan fingerprint density at radius 3 is 2.80 bits per heavy atom. The Morgan fingerprint density at radius 2 is 2.00 bits per heavy atom. The average Bonchev–Trinajstić information content (AvgIpc) is 3.09. The van der Waals surface area contributed by atoms with Crippen molar-refractivity contribution in [2.75, 3.05) is 25.0 Å². The van der Waals surface area contributed by atoms with Crippen molar-refractivity contribution in [1.29, 1.82) is 0 Å². The van der Waals surface area contributed by atoms with Gasteiger partial charge >= 0.3 is 0 Å². The first kappa shape index (κ1) is 13.9. The van der Waals surface area contributed by atoms with Crippen molar-refractivity contribution in [2.24, 2.45) is 5.92 Å². The third kappa shape index (κ3) is 3.35. The van der Waals surface area contributed by atoms with Crippen molar-refractivity contribution in [3.8, 4) is 0 Å². The fourth-order valence-corrected chi connectivity index (χ4v) is 4.10. The smallest absolute Gasteiger partial charge is 0.0343 e. The van der Waals surface area contributed by atoms with Crippen LogP contribution in [0.4, 0.5) is 5.69 Å². The second-order valence-corrected chi connectivity index (χ2v) is 6.59. The molecule has 0 aromatic heterocycles. The first-order chi connectivity index (χ1) is 9.83. The van der Waals surface area contributed by atoms with E-state index in [2.05, 4.69) is 41.4 Å². The molecule has 1 atom stereocenters. The van der Waals surface area contributed by atoms with Crippen LogP contribution in [0.3, 0.4) is 0 Å². The highest BCUT2D eigenvalue weighted by Gasteiger charge is 2.32. The predicted octanol–water partition coefficient (Wildman–Crippen LogP) is 4.06. The number of hydrogen-bond donors (Lipinski definition) is 1. The third-order valence-corrected chi connectivity index (χ3v) is 5.10. The maximum atomic E-state index is 3.58. The normalized spacial score (nSPS) is 24.4. The zero-order valence-corrected chi connectivity index (χ0v) is 12.8. The molecule has 1 aliphatic heterocycles. The van der Waals surface area contributed by atoms with E-state index in [1.165, 1.54) is 62.9 Å². The Labute approximate surface area is 123 Å². The van der Waals surface area contributed by atoms with Gasteiger partial charge in [0.1, 0.15) is 0 Å². The van der Waals surface area contributed by atoms with Gasteiger partial charge in [-0.25, -0.2) is 0 Å². The summed E-state index contributed by atoms with van der Waals surface area (Å²) in [6.07, 6.45) is 8.74. The van der Waals surface area contributed by atoms with Gasteiger partial charge in [-0.2, -0.15) is 0 Å². The molecule has 0 amide bonds. The molecule has 2 heteroatoms. The summed E-state index contributed by atoms with van der Waals surface area (Å²) in [4.78, 5) is 2.75. The Kier molecular flexibility index (Phi) is 4.62. The average molecular weight is 272 g/mol. The van der Waals surface area contributed by atoms with Gasteiger partial charge in [0.15, 0.2) is 0 Å². The Morgan fingerprint density at radius 1 is 1.15 bits per heavy atom. The number of nitrogens with one attached hydrogen (secondary N) is 1. The van der Waals surface area contributed by atoms with Crippen molar-refractivity contribution in [2.45, 2.75) is 51.5 Å². The van der Waals surface area contributed by atoms with Gasteiger partial charge in [0.2, 0.25) is 0 Å². The molecule has 1 unspecified atom stereocenters. The standard InChI is InChI=1S/C18H28N2/c1-15-6-4-9-17(14-15)19-11-13-20-12-5-10-18(20)16-7-2-3-8-16/h4,6,9,14,16,18-19H,2-3,5,7-8,10-13H2,1H3. The highest BCUT2D eigenvalue weighted by atomic mass is 15.2. The minimum absolute atomic E-state index is 0.886. The largest absolute Gasteiger partial charge is 0.384 e. The Hall–Kier alpha value is -1.02. The van der Waals surface area contributed by atoms with Gasteiger partial charge in [0.05, 0.1) is 0 Å². The molecular weight excluding hydrogens is 244 g/mol. The van der Waals surface area contributed by atoms with Crippen LogP contribution in [-0.2, 0) is 0 Å². The minimum atomic E-state index is 0.886. The molecule has 2 nitrogen and oxygen atoms in total. The van der Waals surface area contributed by atoms with Crippen LogP contribution in [0.15, 0.2) is 24.3 Å². The van der Waals surface area contributed by atoms with E-state index in [-0.39, 0.29) is 0 Å². The van der Waals surface area contributed by atoms with Crippen molar-refractivity contribution in [3.05, 3.63) is 29.8 Å². The summed E-state index contributed by atoms with van der Waals surface area (Å²) in [6, 6.07) is 9.58. The Balaban J connectivity index is 1.47. The summed E-state index contributed by atoms with van der Waals surface area (Å²) >= 11 is 0. The number of likely N-dealkylation sites (tertiary alicyclic amines) is 1. The lowest BCUT2D eigenvalue weighted by Gasteiger charge is -2.29. The molecule has 1 saturated heterocycles. The van der Waals surface area contributed by atoms with Crippen LogP contribution in [0.2, 0.25) is 0 Å². The van der Waals surface area contributed by atoms with Crippen molar-refractivity contribution in [3.63, 3.8) is 0 Å². The lowest BCUT2D eigenvalue weighted by molar-refractivity contribution is 0.197. The molecule has 1 heterocycles. The fourth-order valence-electron chi connectivity index (χ4n) is 4.10. The molecule has 2 aliphatic rings. The van der Waals surface area contributed by atoms with Crippen LogP contribution >= 0.6 is 0 Å². The lowest BCUT2D eigenvalue weighted by Crippen LogP contribution is -2.37. The first-order valence-electron chi connectivity index (χ1n) is 8.37. The SMILES string of the molecule is Cc1cccc(NCCN2CCCC2C2CCCC2)c1. The highest BCUT2D eigenvalue weighted by Crippen LogP contribution is 2.35. The van der Waals surface area contributed by atoms with Crippen molar-refractivity contribution < 1.29 is 0 Å². The lowest BCUT2D eigenvalue weighted by atomic mass is 9.96. The first-order valence-corrected chi connectivity index (χ1v) is 8.37. The number of anilines is 1. The van der Waals surface area contributed by atoms with E-state index >= 15 is 0 Å². The van der Waals surface area contributed by atoms with Crippen LogP contribution in [0.1, 0.15) is 44.1 Å². The zero-order chi connectivity index (χ0) is 13.8. The molecular formula is C18H28N2. The maximum Gasteiger partial charge on any atom is 0.0343 e. The minimum Gasteiger partial charge on any atom is -0.384 e.